The zero-order valence-electron chi connectivity index (χ0n) is 21.7. The highest BCUT2D eigenvalue weighted by Gasteiger charge is 2.56. The molecule has 198 valence electrons. The Morgan fingerprint density at radius 1 is 1.11 bits per heavy atom. The number of hydrogen-bond acceptors (Lipinski definition) is 9. The van der Waals surface area contributed by atoms with Crippen molar-refractivity contribution in [2.24, 2.45) is 4.99 Å². The van der Waals surface area contributed by atoms with E-state index in [9.17, 15) is 8.42 Å². The summed E-state index contributed by atoms with van der Waals surface area (Å²) in [5, 5.41) is 0.753. The summed E-state index contributed by atoms with van der Waals surface area (Å²) in [6, 6.07) is 8.37. The van der Waals surface area contributed by atoms with Crippen molar-refractivity contribution in [3.05, 3.63) is 47.9 Å². The van der Waals surface area contributed by atoms with Crippen molar-refractivity contribution < 1.29 is 26.8 Å². The van der Waals surface area contributed by atoms with Crippen molar-refractivity contribution in [1.29, 1.82) is 0 Å². The first-order chi connectivity index (χ1) is 17.4. The smallest absolute Gasteiger partial charge is 0.297 e. The molecule has 4 atom stereocenters. The van der Waals surface area contributed by atoms with Gasteiger partial charge in [0.1, 0.15) is 29.8 Å². The lowest BCUT2D eigenvalue weighted by Crippen LogP contribution is -2.33. The fraction of sp³-hybridized carbons (Fsp3) is 0.480. The van der Waals surface area contributed by atoms with E-state index in [1.807, 2.05) is 56.6 Å². The first-order valence-corrected chi connectivity index (χ1v) is 13.4. The second kappa shape index (κ2) is 9.44. The molecule has 1 aromatic carbocycles. The van der Waals surface area contributed by atoms with Gasteiger partial charge in [0, 0.05) is 20.3 Å². The lowest BCUT2D eigenvalue weighted by atomic mass is 10.1. The molecule has 2 fully saturated rings. The van der Waals surface area contributed by atoms with Crippen LogP contribution in [-0.4, -0.2) is 79.0 Å². The van der Waals surface area contributed by atoms with Crippen LogP contribution in [0.3, 0.4) is 0 Å². The molecule has 0 N–H and O–H groups in total. The second-order valence-corrected chi connectivity index (χ2v) is 11.6. The number of aryl methyl sites for hydroxylation is 2. The third kappa shape index (κ3) is 5.12. The molecule has 2 aromatic heterocycles. The predicted octanol–water partition coefficient (Wildman–Crippen LogP) is 3.09. The average molecular weight is 530 g/mol. The van der Waals surface area contributed by atoms with Gasteiger partial charge in [0.15, 0.2) is 17.8 Å². The molecule has 2 aliphatic rings. The molecule has 0 saturated carbocycles. The SMILES string of the molecule is Cc1ccc(S(=O)(=O)OC[C@H]2O[C@@H](n3ccc4c(/N=C/N(C)C)nc(C)nc43)[C@@H]3OC(C)(C)O[C@@H]32)cc1. The molecular weight excluding hydrogens is 498 g/mol. The van der Waals surface area contributed by atoms with Crippen molar-refractivity contribution in [2.75, 3.05) is 20.7 Å². The summed E-state index contributed by atoms with van der Waals surface area (Å²) in [5.41, 5.74) is 1.58. The molecule has 0 bridgehead atoms. The molecule has 0 radical (unpaired) electrons. The van der Waals surface area contributed by atoms with E-state index in [1.54, 1.807) is 25.4 Å². The molecule has 0 aliphatic carbocycles. The van der Waals surface area contributed by atoms with Crippen LogP contribution in [0, 0.1) is 13.8 Å². The second-order valence-electron chi connectivity index (χ2n) is 9.94. The summed E-state index contributed by atoms with van der Waals surface area (Å²) in [4.78, 5) is 15.5. The van der Waals surface area contributed by atoms with Gasteiger partial charge in [-0.3, -0.25) is 4.18 Å². The summed E-state index contributed by atoms with van der Waals surface area (Å²) in [5.74, 6) is 0.221. The quantitative estimate of drug-likeness (QED) is 0.258. The molecule has 37 heavy (non-hydrogen) atoms. The molecular formula is C25H31N5O6S. The number of rotatable bonds is 7. The van der Waals surface area contributed by atoms with Gasteiger partial charge in [-0.2, -0.15) is 8.42 Å². The van der Waals surface area contributed by atoms with Gasteiger partial charge in [0.25, 0.3) is 10.1 Å². The van der Waals surface area contributed by atoms with E-state index in [4.69, 9.17) is 18.4 Å². The topological polar surface area (TPSA) is 117 Å². The molecule has 2 saturated heterocycles. The van der Waals surface area contributed by atoms with Gasteiger partial charge in [0.2, 0.25) is 0 Å². The molecule has 0 spiro atoms. The van der Waals surface area contributed by atoms with Gasteiger partial charge < -0.3 is 23.7 Å². The Bertz CT molecular complexity index is 1430. The minimum Gasteiger partial charge on any atom is -0.369 e. The van der Waals surface area contributed by atoms with Crippen LogP contribution in [0.5, 0.6) is 0 Å². The lowest BCUT2D eigenvalue weighted by Gasteiger charge is -2.25. The van der Waals surface area contributed by atoms with Crippen LogP contribution in [0.1, 0.15) is 31.5 Å². The van der Waals surface area contributed by atoms with Crippen LogP contribution < -0.4 is 0 Å². The maximum Gasteiger partial charge on any atom is 0.297 e. The zero-order chi connectivity index (χ0) is 26.5. The summed E-state index contributed by atoms with van der Waals surface area (Å²) < 4.78 is 51.5. The molecule has 0 unspecified atom stereocenters. The van der Waals surface area contributed by atoms with E-state index in [1.165, 1.54) is 12.1 Å². The summed E-state index contributed by atoms with van der Waals surface area (Å²) in [7, 11) is -0.213. The number of hydrogen-bond donors (Lipinski definition) is 0. The Morgan fingerprint density at radius 2 is 1.81 bits per heavy atom. The van der Waals surface area contributed by atoms with Crippen molar-refractivity contribution in [2.45, 2.75) is 62.9 Å². The molecule has 3 aromatic rings. The number of aromatic nitrogens is 3. The van der Waals surface area contributed by atoms with Crippen LogP contribution in [0.4, 0.5) is 5.82 Å². The highest BCUT2D eigenvalue weighted by Crippen LogP contribution is 2.44. The summed E-state index contributed by atoms with van der Waals surface area (Å²) in [6.07, 6.45) is 1.16. The minimum absolute atomic E-state index is 0.0857. The normalized spacial score (nSPS) is 25.2. The number of aliphatic imine (C=N–C) groups is 1. The largest absolute Gasteiger partial charge is 0.369 e. The van der Waals surface area contributed by atoms with Crippen LogP contribution >= 0.6 is 0 Å². The number of benzene rings is 1. The standard InChI is InChI=1S/C25H31N5O6S/c1-15-7-9-17(10-8-15)37(31,32)33-13-19-20-21(36-25(3,4)35-20)24(34-19)30-12-11-18-22(26-14-29(5)6)27-16(2)28-23(18)30/h7-12,14,19-21,24H,13H2,1-6H3/b26-14+/t19-,20-,21-,24-/m1/s1. The fourth-order valence-electron chi connectivity index (χ4n) is 4.54. The Kier molecular flexibility index (Phi) is 6.57. The molecule has 2 aliphatic heterocycles. The predicted molar refractivity (Wildman–Crippen MR) is 136 cm³/mol. The summed E-state index contributed by atoms with van der Waals surface area (Å²) in [6.45, 7) is 7.10. The monoisotopic (exact) mass is 529 g/mol. The minimum atomic E-state index is -3.98. The Morgan fingerprint density at radius 3 is 2.51 bits per heavy atom. The van der Waals surface area contributed by atoms with Gasteiger partial charge in [-0.05, 0) is 45.9 Å². The van der Waals surface area contributed by atoms with E-state index < -0.39 is 40.4 Å². The Hall–Kier alpha value is -2.90. The van der Waals surface area contributed by atoms with Gasteiger partial charge in [0.05, 0.1) is 23.2 Å². The Balaban J connectivity index is 1.44. The van der Waals surface area contributed by atoms with Crippen LogP contribution in [-0.2, 0) is 28.5 Å². The number of fused-ring (bicyclic) bond motifs is 2. The van der Waals surface area contributed by atoms with E-state index in [2.05, 4.69) is 15.0 Å². The third-order valence-corrected chi connectivity index (χ3v) is 7.47. The van der Waals surface area contributed by atoms with Gasteiger partial charge in [-0.25, -0.2) is 15.0 Å². The zero-order valence-corrected chi connectivity index (χ0v) is 22.5. The van der Waals surface area contributed by atoms with Crippen molar-refractivity contribution in [3.63, 3.8) is 0 Å². The maximum absolute atomic E-state index is 12.8. The molecule has 11 nitrogen and oxygen atoms in total. The number of nitrogens with zero attached hydrogens (tertiary/aromatic N) is 5. The van der Waals surface area contributed by atoms with Crippen LogP contribution in [0.15, 0.2) is 46.4 Å². The van der Waals surface area contributed by atoms with Crippen molar-refractivity contribution in [1.82, 2.24) is 19.4 Å². The van der Waals surface area contributed by atoms with E-state index >= 15 is 0 Å². The highest BCUT2D eigenvalue weighted by molar-refractivity contribution is 7.86. The molecule has 0 amide bonds. The highest BCUT2D eigenvalue weighted by atomic mass is 32.2. The van der Waals surface area contributed by atoms with Gasteiger partial charge in [-0.1, -0.05) is 17.7 Å². The first kappa shape index (κ1) is 25.7. The van der Waals surface area contributed by atoms with Crippen LogP contribution in [0.2, 0.25) is 0 Å². The van der Waals surface area contributed by atoms with Crippen molar-refractivity contribution >= 4 is 33.3 Å². The maximum atomic E-state index is 12.8. The van der Waals surface area contributed by atoms with Crippen molar-refractivity contribution in [3.8, 4) is 0 Å². The van der Waals surface area contributed by atoms with E-state index in [0.717, 1.165) is 10.9 Å². The van der Waals surface area contributed by atoms with E-state index in [-0.39, 0.29) is 11.5 Å². The van der Waals surface area contributed by atoms with Gasteiger partial charge >= 0.3 is 0 Å². The lowest BCUT2D eigenvalue weighted by molar-refractivity contribution is -0.198. The average Bonchev–Trinajstić information content (AvgIpc) is 3.47. The number of ether oxygens (including phenoxy) is 3. The Labute approximate surface area is 216 Å². The van der Waals surface area contributed by atoms with E-state index in [0.29, 0.717) is 17.3 Å². The van der Waals surface area contributed by atoms with Crippen LogP contribution in [0.25, 0.3) is 11.0 Å². The summed E-state index contributed by atoms with van der Waals surface area (Å²) >= 11 is 0. The first-order valence-electron chi connectivity index (χ1n) is 12.0. The van der Waals surface area contributed by atoms with Gasteiger partial charge in [-0.15, -0.1) is 0 Å². The molecule has 5 rings (SSSR count). The molecule has 4 heterocycles. The fourth-order valence-corrected chi connectivity index (χ4v) is 5.46. The third-order valence-electron chi connectivity index (χ3n) is 6.17. The molecule has 12 heteroatoms.